The summed E-state index contributed by atoms with van der Waals surface area (Å²) < 4.78 is 63.5. The number of aryl methyl sites for hydroxylation is 1. The molecule has 0 unspecified atom stereocenters. The second kappa shape index (κ2) is 6.84. The predicted molar refractivity (Wildman–Crippen MR) is 96.9 cm³/mol. The summed E-state index contributed by atoms with van der Waals surface area (Å²) in [7, 11) is -3.44. The molecule has 0 radical (unpaired) electrons. The van der Waals surface area contributed by atoms with Gasteiger partial charge in [0.1, 0.15) is 17.2 Å². The number of hydrogen-bond acceptors (Lipinski definition) is 3. The van der Waals surface area contributed by atoms with Crippen molar-refractivity contribution in [2.24, 2.45) is 0 Å². The Hall–Kier alpha value is -2.61. The molecule has 0 aliphatic rings. The van der Waals surface area contributed by atoms with E-state index in [-0.39, 0.29) is 22.0 Å². The third kappa shape index (κ3) is 4.05. The van der Waals surface area contributed by atoms with Crippen LogP contribution in [0.25, 0.3) is 22.6 Å². The van der Waals surface area contributed by atoms with Crippen molar-refractivity contribution in [3.05, 3.63) is 59.8 Å². The molecule has 0 spiro atoms. The van der Waals surface area contributed by atoms with Crippen molar-refractivity contribution in [2.45, 2.75) is 24.4 Å². The topological polar surface area (TPSA) is 62.8 Å². The number of nitrogens with zero attached hydrogens (tertiary/aromatic N) is 1. The number of sulfone groups is 1. The first kappa shape index (κ1) is 19.2. The monoisotopic (exact) mass is 394 g/mol. The van der Waals surface area contributed by atoms with Gasteiger partial charge in [0.15, 0.2) is 9.84 Å². The Morgan fingerprint density at radius 1 is 0.963 bits per heavy atom. The number of aromatic amines is 1. The van der Waals surface area contributed by atoms with Gasteiger partial charge in [0.05, 0.1) is 4.90 Å². The van der Waals surface area contributed by atoms with Crippen LogP contribution in [0.2, 0.25) is 0 Å². The highest BCUT2D eigenvalue weighted by molar-refractivity contribution is 7.90. The molecule has 4 nitrogen and oxygen atoms in total. The largest absolute Gasteiger partial charge is 0.433 e. The first-order valence-electron chi connectivity index (χ1n) is 8.16. The number of halogens is 3. The lowest BCUT2D eigenvalue weighted by Crippen LogP contribution is -2.07. The molecule has 0 aliphatic heterocycles. The summed E-state index contributed by atoms with van der Waals surface area (Å²) in [6, 6.07) is 12.3. The zero-order chi connectivity index (χ0) is 19.8. The molecule has 0 aliphatic carbocycles. The molecule has 2 aromatic carbocycles. The Morgan fingerprint density at radius 2 is 1.52 bits per heavy atom. The van der Waals surface area contributed by atoms with Crippen molar-refractivity contribution in [1.29, 1.82) is 0 Å². The van der Waals surface area contributed by atoms with Gasteiger partial charge in [-0.15, -0.1) is 0 Å². The van der Waals surface area contributed by atoms with Crippen molar-refractivity contribution >= 4 is 9.84 Å². The highest BCUT2D eigenvalue weighted by Gasteiger charge is 2.37. The number of benzene rings is 2. The predicted octanol–water partition coefficient (Wildman–Crippen LogP) is 4.73. The van der Waals surface area contributed by atoms with Crippen LogP contribution in [0.1, 0.15) is 18.2 Å². The summed E-state index contributed by atoms with van der Waals surface area (Å²) in [4.78, 5) is 6.54. The van der Waals surface area contributed by atoms with Gasteiger partial charge in [-0.05, 0) is 24.1 Å². The van der Waals surface area contributed by atoms with Crippen molar-refractivity contribution in [3.63, 3.8) is 0 Å². The molecular formula is C19H17F3N2O2S. The number of nitrogens with one attached hydrogen (secondary N) is 1. The number of hydrogen-bond donors (Lipinski definition) is 1. The lowest BCUT2D eigenvalue weighted by molar-refractivity contribution is -0.140. The van der Waals surface area contributed by atoms with Gasteiger partial charge < -0.3 is 4.98 Å². The van der Waals surface area contributed by atoms with Gasteiger partial charge in [0.25, 0.3) is 0 Å². The third-order valence-electron chi connectivity index (χ3n) is 4.18. The van der Waals surface area contributed by atoms with E-state index in [1.807, 2.05) is 19.1 Å². The zero-order valence-electron chi connectivity index (χ0n) is 14.6. The highest BCUT2D eigenvalue weighted by atomic mass is 32.2. The van der Waals surface area contributed by atoms with Crippen LogP contribution in [0.5, 0.6) is 0 Å². The standard InChI is InChI=1S/C19H17F3N2O2S/c1-3-12-4-6-14(7-5-12)18-23-16(17(24-18)19(20,21)22)13-8-10-15(11-9-13)27(2,25)26/h4-11H,3H2,1-2H3,(H,23,24). The fraction of sp³-hybridized carbons (Fsp3) is 0.211. The summed E-state index contributed by atoms with van der Waals surface area (Å²) in [5.41, 5.74) is 0.554. The van der Waals surface area contributed by atoms with Crippen LogP contribution in [0.4, 0.5) is 13.2 Å². The molecule has 0 fully saturated rings. The van der Waals surface area contributed by atoms with Gasteiger partial charge >= 0.3 is 6.18 Å². The van der Waals surface area contributed by atoms with Crippen molar-refractivity contribution in [1.82, 2.24) is 9.97 Å². The number of H-pyrrole nitrogens is 1. The summed E-state index contributed by atoms with van der Waals surface area (Å²) in [6.07, 6.45) is -2.76. The SMILES string of the molecule is CCc1ccc(-c2nc(-c3ccc(S(C)(=O)=O)cc3)c(C(F)(F)F)[nH]2)cc1. The number of rotatable bonds is 4. The van der Waals surface area contributed by atoms with E-state index in [2.05, 4.69) is 9.97 Å². The molecule has 1 N–H and O–H groups in total. The molecule has 3 rings (SSSR count). The lowest BCUT2D eigenvalue weighted by atomic mass is 10.1. The molecular weight excluding hydrogens is 377 g/mol. The average molecular weight is 394 g/mol. The molecule has 0 saturated carbocycles. The number of imidazole rings is 1. The quantitative estimate of drug-likeness (QED) is 0.696. The summed E-state index contributed by atoms with van der Waals surface area (Å²) in [5.74, 6) is 0.104. The van der Waals surface area contributed by atoms with Crippen molar-refractivity contribution < 1.29 is 21.6 Å². The average Bonchev–Trinajstić information content (AvgIpc) is 3.07. The van der Waals surface area contributed by atoms with Crippen LogP contribution in [0, 0.1) is 0 Å². The van der Waals surface area contributed by atoms with E-state index in [1.165, 1.54) is 24.3 Å². The number of aromatic nitrogens is 2. The summed E-state index contributed by atoms with van der Waals surface area (Å²) in [6.45, 7) is 1.99. The van der Waals surface area contributed by atoms with E-state index in [0.717, 1.165) is 18.2 Å². The van der Waals surface area contributed by atoms with Crippen LogP contribution < -0.4 is 0 Å². The molecule has 1 heterocycles. The Morgan fingerprint density at radius 3 is 2.00 bits per heavy atom. The molecule has 8 heteroatoms. The van der Waals surface area contributed by atoms with Crippen molar-refractivity contribution in [3.8, 4) is 22.6 Å². The Bertz CT molecular complexity index is 1050. The fourth-order valence-corrected chi connectivity index (χ4v) is 3.31. The van der Waals surface area contributed by atoms with Gasteiger partial charge in [-0.1, -0.05) is 43.3 Å². The van der Waals surface area contributed by atoms with E-state index in [4.69, 9.17) is 0 Å². The molecule has 0 saturated heterocycles. The van der Waals surface area contributed by atoms with Crippen LogP contribution in [-0.2, 0) is 22.4 Å². The van der Waals surface area contributed by atoms with E-state index in [9.17, 15) is 21.6 Å². The molecule has 27 heavy (non-hydrogen) atoms. The molecule has 1 aromatic heterocycles. The second-order valence-electron chi connectivity index (χ2n) is 6.15. The minimum absolute atomic E-state index is 0.0331. The van der Waals surface area contributed by atoms with Crippen LogP contribution >= 0.6 is 0 Å². The van der Waals surface area contributed by atoms with Crippen LogP contribution in [0.3, 0.4) is 0 Å². The van der Waals surface area contributed by atoms with E-state index >= 15 is 0 Å². The van der Waals surface area contributed by atoms with E-state index in [1.54, 1.807) is 12.1 Å². The van der Waals surface area contributed by atoms with E-state index < -0.39 is 21.7 Å². The minimum atomic E-state index is -4.63. The maximum absolute atomic E-state index is 13.5. The Labute approximate surface area is 155 Å². The zero-order valence-corrected chi connectivity index (χ0v) is 15.4. The van der Waals surface area contributed by atoms with Crippen molar-refractivity contribution in [2.75, 3.05) is 6.26 Å². The van der Waals surface area contributed by atoms with Gasteiger partial charge in [-0.2, -0.15) is 13.2 Å². The summed E-state index contributed by atoms with van der Waals surface area (Å²) in [5, 5.41) is 0. The van der Waals surface area contributed by atoms with Gasteiger partial charge in [0.2, 0.25) is 0 Å². The van der Waals surface area contributed by atoms with Crippen LogP contribution in [-0.4, -0.2) is 24.6 Å². The smallest absolute Gasteiger partial charge is 0.334 e. The normalized spacial score (nSPS) is 12.3. The van der Waals surface area contributed by atoms with Crippen LogP contribution in [0.15, 0.2) is 53.4 Å². The highest BCUT2D eigenvalue weighted by Crippen LogP contribution is 2.37. The van der Waals surface area contributed by atoms with Gasteiger partial charge in [-0.3, -0.25) is 0 Å². The maximum atomic E-state index is 13.5. The molecule has 0 bridgehead atoms. The first-order valence-corrected chi connectivity index (χ1v) is 10.1. The first-order chi connectivity index (χ1) is 12.6. The fourth-order valence-electron chi connectivity index (χ4n) is 2.68. The van der Waals surface area contributed by atoms with Gasteiger partial charge in [-0.25, -0.2) is 13.4 Å². The molecule has 0 atom stereocenters. The second-order valence-corrected chi connectivity index (χ2v) is 8.17. The third-order valence-corrected chi connectivity index (χ3v) is 5.31. The Kier molecular flexibility index (Phi) is 4.86. The summed E-state index contributed by atoms with van der Waals surface area (Å²) >= 11 is 0. The minimum Gasteiger partial charge on any atom is -0.334 e. The van der Waals surface area contributed by atoms with E-state index in [0.29, 0.717) is 5.56 Å². The molecule has 142 valence electrons. The maximum Gasteiger partial charge on any atom is 0.433 e. The Balaban J connectivity index is 2.10. The number of alkyl halides is 3. The molecule has 0 amide bonds. The lowest BCUT2D eigenvalue weighted by Gasteiger charge is -2.07. The van der Waals surface area contributed by atoms with Gasteiger partial charge in [0, 0.05) is 17.4 Å². The molecule has 3 aromatic rings.